The third-order valence-electron chi connectivity index (χ3n) is 3.02. The van der Waals surface area contributed by atoms with Crippen molar-refractivity contribution in [3.8, 4) is 0 Å². The Morgan fingerprint density at radius 1 is 1.41 bits per heavy atom. The molecule has 1 amide bonds. The van der Waals surface area contributed by atoms with E-state index in [9.17, 15) is 14.9 Å². The molecule has 8 nitrogen and oxygen atoms in total. The highest BCUT2D eigenvalue weighted by molar-refractivity contribution is 5.96. The monoisotopic (exact) mass is 303 g/mol. The number of carbonyl (C=O) groups excluding carboxylic acids is 1. The second kappa shape index (κ2) is 5.92. The summed E-state index contributed by atoms with van der Waals surface area (Å²) in [5.74, 6) is -0.583. The largest absolute Gasteiger partial charge is 0.345 e. The topological polar surface area (TPSA) is 114 Å². The number of aromatic nitrogens is 3. The maximum Gasteiger partial charge on any atom is 0.323 e. The summed E-state index contributed by atoms with van der Waals surface area (Å²) >= 11 is 0. The van der Waals surface area contributed by atoms with Gasteiger partial charge >= 0.3 is 5.69 Å². The lowest BCUT2D eigenvalue weighted by atomic mass is 9.91. The molecule has 0 saturated heterocycles. The summed E-state index contributed by atoms with van der Waals surface area (Å²) in [6, 6.07) is 5.31. The van der Waals surface area contributed by atoms with Crippen LogP contribution >= 0.6 is 0 Å². The minimum absolute atomic E-state index is 0.147. The Morgan fingerprint density at radius 3 is 2.68 bits per heavy atom. The lowest BCUT2D eigenvalue weighted by Crippen LogP contribution is -2.24. The first-order chi connectivity index (χ1) is 10.3. The minimum atomic E-state index is -0.584. The summed E-state index contributed by atoms with van der Waals surface area (Å²) in [4.78, 5) is 26.9. The van der Waals surface area contributed by atoms with Crippen LogP contribution in [0.25, 0.3) is 0 Å². The molecule has 2 aromatic rings. The number of rotatable bonds is 4. The van der Waals surface area contributed by atoms with Gasteiger partial charge in [0.15, 0.2) is 0 Å². The van der Waals surface area contributed by atoms with Gasteiger partial charge < -0.3 is 5.32 Å². The Hall–Kier alpha value is -2.77. The summed E-state index contributed by atoms with van der Waals surface area (Å²) in [7, 11) is 0. The van der Waals surface area contributed by atoms with Crippen LogP contribution in [-0.4, -0.2) is 26.0 Å². The van der Waals surface area contributed by atoms with Gasteiger partial charge in [0.25, 0.3) is 5.91 Å². The molecular formula is C14H17N5O3. The van der Waals surface area contributed by atoms with E-state index in [-0.39, 0.29) is 23.6 Å². The summed E-state index contributed by atoms with van der Waals surface area (Å²) in [5.41, 5.74) is -0.0651. The van der Waals surface area contributed by atoms with Crippen LogP contribution in [0.4, 0.5) is 5.69 Å². The second-order valence-corrected chi connectivity index (χ2v) is 5.81. The molecule has 0 aromatic carbocycles. The quantitative estimate of drug-likeness (QED) is 0.661. The molecule has 8 heteroatoms. The fourth-order valence-corrected chi connectivity index (χ4v) is 1.96. The van der Waals surface area contributed by atoms with E-state index in [0.717, 1.165) is 0 Å². The highest BCUT2D eigenvalue weighted by Gasteiger charge is 2.34. The van der Waals surface area contributed by atoms with E-state index < -0.39 is 16.2 Å². The molecule has 2 aromatic heterocycles. The van der Waals surface area contributed by atoms with Crippen molar-refractivity contribution in [2.75, 3.05) is 0 Å². The zero-order valence-electron chi connectivity index (χ0n) is 12.6. The van der Waals surface area contributed by atoms with Crippen LogP contribution in [0.5, 0.6) is 0 Å². The smallest absolute Gasteiger partial charge is 0.323 e. The van der Waals surface area contributed by atoms with Crippen molar-refractivity contribution in [1.82, 2.24) is 20.5 Å². The fourth-order valence-electron chi connectivity index (χ4n) is 1.96. The van der Waals surface area contributed by atoms with Gasteiger partial charge in [-0.1, -0.05) is 26.8 Å². The van der Waals surface area contributed by atoms with Gasteiger partial charge in [-0.05, 0) is 12.1 Å². The predicted octanol–water partition coefficient (Wildman–Crippen LogP) is 1.94. The van der Waals surface area contributed by atoms with E-state index in [1.165, 1.54) is 0 Å². The van der Waals surface area contributed by atoms with Gasteiger partial charge in [0, 0.05) is 11.6 Å². The first-order valence-corrected chi connectivity index (χ1v) is 6.72. The fraction of sp³-hybridized carbons (Fsp3) is 0.357. The Bertz CT molecular complexity index is 688. The van der Waals surface area contributed by atoms with Gasteiger partial charge in [0.05, 0.1) is 17.2 Å². The maximum absolute atomic E-state index is 12.2. The number of H-pyrrole nitrogens is 1. The Morgan fingerprint density at radius 2 is 2.14 bits per heavy atom. The third-order valence-corrected chi connectivity index (χ3v) is 3.02. The van der Waals surface area contributed by atoms with E-state index in [1.54, 1.807) is 45.2 Å². The van der Waals surface area contributed by atoms with Crippen molar-refractivity contribution in [2.45, 2.75) is 32.7 Å². The molecule has 116 valence electrons. The molecule has 0 radical (unpaired) electrons. The molecule has 2 rings (SSSR count). The first-order valence-electron chi connectivity index (χ1n) is 6.72. The van der Waals surface area contributed by atoms with E-state index in [0.29, 0.717) is 5.69 Å². The lowest BCUT2D eigenvalue weighted by molar-refractivity contribution is -0.386. The number of amides is 1. The number of nitrogens with one attached hydrogen (secondary N) is 2. The van der Waals surface area contributed by atoms with Crippen molar-refractivity contribution < 1.29 is 9.72 Å². The number of hydrogen-bond donors (Lipinski definition) is 2. The maximum atomic E-state index is 12.2. The van der Waals surface area contributed by atoms with Crippen LogP contribution in [0.3, 0.4) is 0 Å². The summed E-state index contributed by atoms with van der Waals surface area (Å²) in [5, 5.41) is 20.3. The second-order valence-electron chi connectivity index (χ2n) is 5.81. The van der Waals surface area contributed by atoms with Gasteiger partial charge in [-0.3, -0.25) is 25.0 Å². The van der Waals surface area contributed by atoms with Crippen molar-refractivity contribution >= 4 is 11.6 Å². The summed E-state index contributed by atoms with van der Waals surface area (Å²) in [6.07, 6.45) is 1.61. The summed E-state index contributed by atoms with van der Waals surface area (Å²) < 4.78 is 0. The number of nitro groups is 1. The van der Waals surface area contributed by atoms with Crippen LogP contribution < -0.4 is 5.32 Å². The molecule has 2 heterocycles. The molecule has 0 saturated carbocycles. The van der Waals surface area contributed by atoms with Gasteiger partial charge in [-0.2, -0.15) is 5.10 Å². The van der Waals surface area contributed by atoms with Crippen molar-refractivity contribution in [3.63, 3.8) is 0 Å². The molecule has 0 unspecified atom stereocenters. The zero-order chi connectivity index (χ0) is 16.3. The van der Waals surface area contributed by atoms with Gasteiger partial charge in [-0.25, -0.2) is 0 Å². The number of pyridine rings is 1. The van der Waals surface area contributed by atoms with Crippen molar-refractivity contribution in [3.05, 3.63) is 51.6 Å². The first kappa shape index (κ1) is 15.6. The average Bonchev–Trinajstić information content (AvgIpc) is 2.91. The molecule has 0 aliphatic rings. The minimum Gasteiger partial charge on any atom is -0.345 e. The van der Waals surface area contributed by atoms with E-state index >= 15 is 0 Å². The molecule has 0 atom stereocenters. The highest BCUT2D eigenvalue weighted by Crippen LogP contribution is 2.31. The Labute approximate surface area is 127 Å². The van der Waals surface area contributed by atoms with E-state index in [4.69, 9.17) is 0 Å². The van der Waals surface area contributed by atoms with Crippen LogP contribution in [0.2, 0.25) is 0 Å². The van der Waals surface area contributed by atoms with Crippen LogP contribution in [0.15, 0.2) is 24.4 Å². The number of nitrogens with zero attached hydrogens (tertiary/aromatic N) is 3. The predicted molar refractivity (Wildman–Crippen MR) is 79.3 cm³/mol. The molecule has 0 bridgehead atoms. The number of hydrogen-bond acceptors (Lipinski definition) is 5. The molecular weight excluding hydrogens is 286 g/mol. The van der Waals surface area contributed by atoms with Crippen LogP contribution in [0.1, 0.15) is 42.6 Å². The van der Waals surface area contributed by atoms with Gasteiger partial charge in [-0.15, -0.1) is 0 Å². The van der Waals surface area contributed by atoms with Crippen LogP contribution in [0, 0.1) is 10.1 Å². The molecule has 22 heavy (non-hydrogen) atoms. The Kier molecular flexibility index (Phi) is 4.20. The number of aromatic amines is 1. The SMILES string of the molecule is CC(C)(C)c1n[nH]c(C(=O)NCc2ccccn2)c1[N+](=O)[O-]. The van der Waals surface area contributed by atoms with E-state index in [2.05, 4.69) is 20.5 Å². The highest BCUT2D eigenvalue weighted by atomic mass is 16.6. The van der Waals surface area contributed by atoms with Gasteiger partial charge in [0.1, 0.15) is 5.69 Å². The van der Waals surface area contributed by atoms with Crippen molar-refractivity contribution in [1.29, 1.82) is 0 Å². The normalized spacial score (nSPS) is 11.2. The average molecular weight is 303 g/mol. The van der Waals surface area contributed by atoms with Crippen LogP contribution in [-0.2, 0) is 12.0 Å². The van der Waals surface area contributed by atoms with E-state index in [1.807, 2.05) is 0 Å². The number of carbonyl (C=O) groups is 1. The zero-order valence-corrected chi connectivity index (χ0v) is 12.6. The standard InChI is InChI=1S/C14H17N5O3/c1-14(2,3)12-11(19(21)22)10(17-18-12)13(20)16-8-9-6-4-5-7-15-9/h4-7H,8H2,1-3H3,(H,16,20)(H,17,18). The Balaban J connectivity index is 2.23. The lowest BCUT2D eigenvalue weighted by Gasteiger charge is -2.13. The van der Waals surface area contributed by atoms with Crippen molar-refractivity contribution in [2.24, 2.45) is 0 Å². The molecule has 0 aliphatic carbocycles. The summed E-state index contributed by atoms with van der Waals surface area (Å²) in [6.45, 7) is 5.57. The molecule has 0 aliphatic heterocycles. The molecule has 0 fully saturated rings. The molecule has 2 N–H and O–H groups in total. The third kappa shape index (κ3) is 3.27. The van der Waals surface area contributed by atoms with Gasteiger partial charge in [0.2, 0.25) is 5.69 Å². The molecule has 0 spiro atoms.